The number of ether oxygens (including phenoxy) is 1. The van der Waals surface area contributed by atoms with Gasteiger partial charge >= 0.3 is 6.36 Å². The normalized spacial score (nSPS) is 13.0. The van der Waals surface area contributed by atoms with Crippen LogP contribution in [0.3, 0.4) is 0 Å². The maximum Gasteiger partial charge on any atom is 0.573 e. The van der Waals surface area contributed by atoms with Gasteiger partial charge in [0.05, 0.1) is 5.38 Å². The molecule has 2 rings (SSSR count). The summed E-state index contributed by atoms with van der Waals surface area (Å²) in [5, 5.41) is -0.245. The smallest absolute Gasteiger partial charge is 0.406 e. The molecule has 2 aromatic carbocycles. The van der Waals surface area contributed by atoms with Crippen LogP contribution in [0.1, 0.15) is 22.9 Å². The van der Waals surface area contributed by atoms with Gasteiger partial charge in [-0.3, -0.25) is 0 Å². The molecule has 2 aromatic rings. The summed E-state index contributed by atoms with van der Waals surface area (Å²) in [4.78, 5) is 0. The van der Waals surface area contributed by atoms with Crippen LogP contribution in [-0.4, -0.2) is 6.36 Å². The number of halogens is 4. The highest BCUT2D eigenvalue weighted by molar-refractivity contribution is 6.20. The quantitative estimate of drug-likeness (QED) is 0.662. The van der Waals surface area contributed by atoms with E-state index in [-0.39, 0.29) is 11.1 Å². The van der Waals surface area contributed by atoms with Crippen molar-refractivity contribution >= 4 is 11.6 Å². The molecule has 1 nitrogen and oxygen atoms in total. The molecule has 0 saturated heterocycles. The van der Waals surface area contributed by atoms with Crippen molar-refractivity contribution in [3.63, 3.8) is 0 Å². The van der Waals surface area contributed by atoms with Crippen molar-refractivity contribution in [2.24, 2.45) is 0 Å². The molecule has 0 aromatic heterocycles. The molecule has 21 heavy (non-hydrogen) atoms. The second-order valence-corrected chi connectivity index (χ2v) is 5.10. The van der Waals surface area contributed by atoms with Crippen molar-refractivity contribution in [2.75, 3.05) is 0 Å². The fourth-order valence-corrected chi connectivity index (χ4v) is 2.30. The minimum Gasteiger partial charge on any atom is -0.406 e. The number of benzene rings is 2. The first-order valence-electron chi connectivity index (χ1n) is 6.48. The van der Waals surface area contributed by atoms with Gasteiger partial charge < -0.3 is 4.74 Å². The van der Waals surface area contributed by atoms with Gasteiger partial charge in [0.25, 0.3) is 0 Å². The Morgan fingerprint density at radius 1 is 0.952 bits per heavy atom. The average Bonchev–Trinajstić information content (AvgIpc) is 2.45. The Kier molecular flexibility index (Phi) is 5.12. The summed E-state index contributed by atoms with van der Waals surface area (Å²) in [6.07, 6.45) is -3.74. The summed E-state index contributed by atoms with van der Waals surface area (Å²) >= 11 is 6.28. The van der Waals surface area contributed by atoms with Crippen LogP contribution in [0.4, 0.5) is 13.2 Å². The van der Waals surface area contributed by atoms with Gasteiger partial charge in [-0.1, -0.05) is 48.5 Å². The highest BCUT2D eigenvalue weighted by atomic mass is 35.5. The van der Waals surface area contributed by atoms with Gasteiger partial charge in [0, 0.05) is 0 Å². The van der Waals surface area contributed by atoms with E-state index < -0.39 is 6.36 Å². The van der Waals surface area contributed by atoms with Crippen molar-refractivity contribution in [1.82, 2.24) is 0 Å². The molecule has 0 radical (unpaired) electrons. The number of rotatable bonds is 5. The second-order valence-electron chi connectivity index (χ2n) is 4.57. The van der Waals surface area contributed by atoms with Crippen molar-refractivity contribution in [3.8, 4) is 5.75 Å². The van der Waals surface area contributed by atoms with E-state index in [4.69, 9.17) is 11.6 Å². The molecule has 0 fully saturated rings. The lowest BCUT2D eigenvalue weighted by Gasteiger charge is -2.14. The van der Waals surface area contributed by atoms with Crippen LogP contribution < -0.4 is 4.74 Å². The van der Waals surface area contributed by atoms with Gasteiger partial charge in [-0.15, -0.1) is 24.8 Å². The summed E-state index contributed by atoms with van der Waals surface area (Å²) in [5.41, 5.74) is 1.45. The zero-order valence-electron chi connectivity index (χ0n) is 11.1. The summed E-state index contributed by atoms with van der Waals surface area (Å²) < 4.78 is 41.0. The third-order valence-electron chi connectivity index (χ3n) is 3.03. The van der Waals surface area contributed by atoms with E-state index in [1.165, 1.54) is 12.1 Å². The van der Waals surface area contributed by atoms with Crippen LogP contribution in [0.25, 0.3) is 0 Å². The van der Waals surface area contributed by atoms with Crippen molar-refractivity contribution < 1.29 is 17.9 Å². The van der Waals surface area contributed by atoms with Gasteiger partial charge in [0.1, 0.15) is 5.75 Å². The molecule has 0 bridgehead atoms. The topological polar surface area (TPSA) is 9.23 Å². The molecule has 5 heteroatoms. The Morgan fingerprint density at radius 2 is 1.57 bits per heavy atom. The summed E-state index contributed by atoms with van der Waals surface area (Å²) in [6, 6.07) is 15.6. The largest absolute Gasteiger partial charge is 0.573 e. The molecular weight excluding hydrogens is 301 g/mol. The van der Waals surface area contributed by atoms with Gasteiger partial charge in [0.15, 0.2) is 0 Å². The van der Waals surface area contributed by atoms with Crippen LogP contribution in [0.5, 0.6) is 5.75 Å². The standard InChI is InChI=1S/C16H14ClF3O/c17-14(12-6-2-1-3-7-12)11-10-13-8-4-5-9-15(13)21-16(18,19)20/h1-9,14H,10-11H2. The third kappa shape index (κ3) is 4.97. The van der Waals surface area contributed by atoms with Gasteiger partial charge in [0.2, 0.25) is 0 Å². The van der Waals surface area contributed by atoms with Crippen molar-refractivity contribution in [1.29, 1.82) is 0 Å². The number of hydrogen-bond acceptors (Lipinski definition) is 1. The molecule has 0 aliphatic rings. The Balaban J connectivity index is 2.03. The fraction of sp³-hybridized carbons (Fsp3) is 0.250. The lowest BCUT2D eigenvalue weighted by molar-refractivity contribution is -0.274. The molecule has 0 N–H and O–H groups in total. The van der Waals surface area contributed by atoms with Crippen LogP contribution in [0.15, 0.2) is 54.6 Å². The predicted octanol–water partition coefficient (Wildman–Crippen LogP) is 5.50. The van der Waals surface area contributed by atoms with Gasteiger partial charge in [-0.2, -0.15) is 0 Å². The first kappa shape index (κ1) is 15.7. The predicted molar refractivity (Wildman–Crippen MR) is 76.5 cm³/mol. The molecule has 0 spiro atoms. The van der Waals surface area contributed by atoms with Crippen LogP contribution in [-0.2, 0) is 6.42 Å². The van der Waals surface area contributed by atoms with Crippen LogP contribution in [0, 0.1) is 0 Å². The number of alkyl halides is 4. The van der Waals surface area contributed by atoms with E-state index in [1.54, 1.807) is 12.1 Å². The van der Waals surface area contributed by atoms with E-state index in [0.29, 0.717) is 18.4 Å². The van der Waals surface area contributed by atoms with Crippen LogP contribution in [0.2, 0.25) is 0 Å². The average molecular weight is 315 g/mol. The van der Waals surface area contributed by atoms with E-state index >= 15 is 0 Å². The fourth-order valence-electron chi connectivity index (χ4n) is 2.05. The highest BCUT2D eigenvalue weighted by Gasteiger charge is 2.31. The van der Waals surface area contributed by atoms with E-state index in [0.717, 1.165) is 5.56 Å². The zero-order valence-corrected chi connectivity index (χ0v) is 11.9. The number of aryl methyl sites for hydroxylation is 1. The van der Waals surface area contributed by atoms with E-state index in [1.807, 2.05) is 30.3 Å². The number of hydrogen-bond donors (Lipinski definition) is 0. The summed E-state index contributed by atoms with van der Waals surface area (Å²) in [5.74, 6) is -0.165. The Bertz CT molecular complexity index is 569. The molecule has 0 heterocycles. The maximum absolute atomic E-state index is 12.3. The maximum atomic E-state index is 12.3. The minimum absolute atomic E-state index is 0.165. The molecule has 0 aliphatic heterocycles. The Morgan fingerprint density at radius 3 is 2.24 bits per heavy atom. The van der Waals surface area contributed by atoms with Crippen molar-refractivity contribution in [2.45, 2.75) is 24.6 Å². The van der Waals surface area contributed by atoms with E-state index in [9.17, 15) is 13.2 Å². The molecule has 1 atom stereocenters. The first-order valence-corrected chi connectivity index (χ1v) is 6.92. The molecular formula is C16H14ClF3O. The Labute approximate surface area is 126 Å². The summed E-state index contributed by atoms with van der Waals surface area (Å²) in [7, 11) is 0. The van der Waals surface area contributed by atoms with Gasteiger partial charge in [-0.25, -0.2) is 0 Å². The zero-order chi connectivity index (χ0) is 15.3. The van der Waals surface area contributed by atoms with Crippen molar-refractivity contribution in [3.05, 3.63) is 65.7 Å². The molecule has 1 unspecified atom stereocenters. The number of para-hydroxylation sites is 1. The highest BCUT2D eigenvalue weighted by Crippen LogP contribution is 2.30. The van der Waals surface area contributed by atoms with Crippen LogP contribution >= 0.6 is 11.6 Å². The molecule has 0 aliphatic carbocycles. The monoisotopic (exact) mass is 314 g/mol. The van der Waals surface area contributed by atoms with E-state index in [2.05, 4.69) is 4.74 Å². The SMILES string of the molecule is FC(F)(F)Oc1ccccc1CCC(Cl)c1ccccc1. The third-order valence-corrected chi connectivity index (χ3v) is 3.50. The molecule has 112 valence electrons. The minimum atomic E-state index is -4.68. The first-order chi connectivity index (χ1) is 9.96. The summed E-state index contributed by atoms with van der Waals surface area (Å²) in [6.45, 7) is 0. The molecule has 0 saturated carbocycles. The molecule has 0 amide bonds. The Hall–Kier alpha value is -1.68. The lowest BCUT2D eigenvalue weighted by Crippen LogP contribution is -2.18. The lowest BCUT2D eigenvalue weighted by atomic mass is 10.0. The van der Waals surface area contributed by atoms with Gasteiger partial charge in [-0.05, 0) is 30.0 Å². The second kappa shape index (κ2) is 6.85.